The van der Waals surface area contributed by atoms with E-state index in [0.29, 0.717) is 0 Å². The molecule has 42 valence electrons. The Labute approximate surface area is 50.9 Å². The number of thiocarbonyl (C=S) groups is 1. The molecule has 0 aromatic carbocycles. The Morgan fingerprint density at radius 2 is 2.38 bits per heavy atom. The molecule has 0 aliphatic rings. The van der Waals surface area contributed by atoms with E-state index in [-0.39, 0.29) is 4.99 Å². The molecular weight excluding hydrogens is 126 g/mol. The number of nitroso groups, excluding NO2 is 1. The zero-order chi connectivity index (χ0) is 6.57. The van der Waals surface area contributed by atoms with E-state index in [0.717, 1.165) is 0 Å². The van der Waals surface area contributed by atoms with Gasteiger partial charge in [-0.15, -0.1) is 4.91 Å². The third-order valence-corrected chi connectivity index (χ3v) is 0.624. The second kappa shape index (κ2) is 3.01. The molecule has 4 nitrogen and oxygen atoms in total. The minimum absolute atomic E-state index is 0.262. The summed E-state index contributed by atoms with van der Waals surface area (Å²) < 4.78 is 0. The van der Waals surface area contributed by atoms with Crippen LogP contribution in [0.2, 0.25) is 0 Å². The Morgan fingerprint density at radius 1 is 1.88 bits per heavy atom. The van der Waals surface area contributed by atoms with Crippen LogP contribution in [0.25, 0.3) is 5.41 Å². The van der Waals surface area contributed by atoms with Crippen molar-refractivity contribution in [1.29, 1.82) is 0 Å². The fourth-order valence-corrected chi connectivity index (χ4v) is 0.203. The first kappa shape index (κ1) is 6.94. The Kier molecular flexibility index (Phi) is 2.61. The molecule has 0 saturated heterocycles. The van der Waals surface area contributed by atoms with Crippen LogP contribution in [0.4, 0.5) is 0 Å². The molecule has 0 unspecified atom stereocenters. The van der Waals surface area contributed by atoms with Gasteiger partial charge in [0.05, 0.1) is 0 Å². The van der Waals surface area contributed by atoms with Gasteiger partial charge in [-0.05, 0) is 5.18 Å². The largest absolute Gasteiger partial charge is 0.761 e. The average Bonchev–Trinajstić information content (AvgIpc) is 1.69. The van der Waals surface area contributed by atoms with Crippen molar-refractivity contribution in [3.63, 3.8) is 0 Å². The SMILES string of the molecule is [N-]=C=C(N=O)C(N)=S. The van der Waals surface area contributed by atoms with E-state index in [4.69, 9.17) is 11.1 Å². The number of rotatable bonds is 2. The predicted octanol–water partition coefficient (Wildman–Crippen LogP) is 0.162. The summed E-state index contributed by atoms with van der Waals surface area (Å²) in [5.74, 6) is 1.42. The predicted molar refractivity (Wildman–Crippen MR) is 34.5 cm³/mol. The van der Waals surface area contributed by atoms with Crippen LogP contribution in [-0.4, -0.2) is 10.9 Å². The molecular formula is C3H2N3OS-. The maximum absolute atomic E-state index is 9.50. The van der Waals surface area contributed by atoms with Crippen molar-refractivity contribution in [2.75, 3.05) is 0 Å². The highest BCUT2D eigenvalue weighted by molar-refractivity contribution is 7.80. The van der Waals surface area contributed by atoms with Gasteiger partial charge in [0.1, 0.15) is 4.99 Å². The summed E-state index contributed by atoms with van der Waals surface area (Å²) in [4.78, 5) is 9.24. The molecule has 0 aromatic rings. The van der Waals surface area contributed by atoms with E-state index < -0.39 is 5.70 Å². The molecule has 0 aliphatic carbocycles. The van der Waals surface area contributed by atoms with Crippen molar-refractivity contribution in [1.82, 2.24) is 0 Å². The summed E-state index contributed by atoms with van der Waals surface area (Å²) in [6.07, 6.45) is 0. The Balaban J connectivity index is 4.37. The summed E-state index contributed by atoms with van der Waals surface area (Å²) in [6, 6.07) is 0. The van der Waals surface area contributed by atoms with E-state index in [1.807, 2.05) is 0 Å². The lowest BCUT2D eigenvalue weighted by Gasteiger charge is -1.86. The summed E-state index contributed by atoms with van der Waals surface area (Å²) in [5.41, 5.74) is 4.41. The van der Waals surface area contributed by atoms with Crippen molar-refractivity contribution in [3.05, 3.63) is 16.0 Å². The first-order valence-electron chi connectivity index (χ1n) is 1.62. The summed E-state index contributed by atoms with van der Waals surface area (Å²) >= 11 is 4.24. The van der Waals surface area contributed by atoms with Crippen LogP contribution < -0.4 is 5.73 Å². The van der Waals surface area contributed by atoms with Crippen LogP contribution >= 0.6 is 12.2 Å². The third kappa shape index (κ3) is 1.59. The van der Waals surface area contributed by atoms with Crippen LogP contribution in [0.15, 0.2) is 10.9 Å². The molecule has 0 atom stereocenters. The first-order valence-corrected chi connectivity index (χ1v) is 2.03. The quantitative estimate of drug-likeness (QED) is 0.249. The van der Waals surface area contributed by atoms with Gasteiger partial charge < -0.3 is 11.1 Å². The molecule has 0 saturated carbocycles. The third-order valence-electron chi connectivity index (χ3n) is 0.431. The monoisotopic (exact) mass is 128 g/mol. The molecule has 0 rings (SSSR count). The molecule has 8 heavy (non-hydrogen) atoms. The standard InChI is InChI=1S/C3H2N3OS/c4-1-2(6-7)3(5)8/h(H2,5,8)/q-1. The molecule has 0 radical (unpaired) electrons. The maximum Gasteiger partial charge on any atom is 0.161 e. The van der Waals surface area contributed by atoms with E-state index in [9.17, 15) is 4.91 Å². The van der Waals surface area contributed by atoms with Crippen LogP contribution in [0.1, 0.15) is 0 Å². The summed E-state index contributed by atoms with van der Waals surface area (Å²) in [6.45, 7) is 0. The number of hydrogen-bond acceptors (Lipinski definition) is 3. The zero-order valence-corrected chi connectivity index (χ0v) is 4.60. The number of hydrogen-bond donors (Lipinski definition) is 1. The van der Waals surface area contributed by atoms with Gasteiger partial charge in [-0.1, -0.05) is 12.2 Å². The van der Waals surface area contributed by atoms with Gasteiger partial charge in [-0.2, -0.15) is 0 Å². The minimum Gasteiger partial charge on any atom is -0.761 e. The highest BCUT2D eigenvalue weighted by Crippen LogP contribution is 1.87. The second-order valence-electron chi connectivity index (χ2n) is 0.916. The lowest BCUT2D eigenvalue weighted by molar-refractivity contribution is 1.47. The fraction of sp³-hybridized carbons (Fsp3) is 0. The minimum atomic E-state index is -0.431. The van der Waals surface area contributed by atoms with Crippen molar-refractivity contribution >= 4 is 23.1 Å². The molecule has 0 spiro atoms. The van der Waals surface area contributed by atoms with E-state index >= 15 is 0 Å². The van der Waals surface area contributed by atoms with Gasteiger partial charge in [-0.3, -0.25) is 0 Å². The highest BCUT2D eigenvalue weighted by Gasteiger charge is 1.92. The van der Waals surface area contributed by atoms with Gasteiger partial charge in [0.15, 0.2) is 5.70 Å². The number of nitrogens with two attached hydrogens (primary N) is 1. The van der Waals surface area contributed by atoms with Crippen molar-refractivity contribution in [2.24, 2.45) is 10.9 Å². The normalized spacial score (nSPS) is 7.00. The molecule has 0 fully saturated rings. The van der Waals surface area contributed by atoms with Gasteiger partial charge in [-0.25, -0.2) is 5.87 Å². The molecule has 5 heteroatoms. The lowest BCUT2D eigenvalue weighted by atomic mass is 10.5. The summed E-state index contributed by atoms with van der Waals surface area (Å²) in [7, 11) is 0. The molecule has 2 N–H and O–H groups in total. The van der Waals surface area contributed by atoms with Gasteiger partial charge >= 0.3 is 0 Å². The zero-order valence-electron chi connectivity index (χ0n) is 3.79. The molecule has 0 aliphatic heterocycles. The lowest BCUT2D eigenvalue weighted by Crippen LogP contribution is -2.09. The van der Waals surface area contributed by atoms with Gasteiger partial charge in [0, 0.05) is 0 Å². The van der Waals surface area contributed by atoms with E-state index in [2.05, 4.69) is 17.4 Å². The van der Waals surface area contributed by atoms with Crippen LogP contribution in [-0.2, 0) is 0 Å². The maximum atomic E-state index is 9.50. The Bertz CT molecular complexity index is 169. The van der Waals surface area contributed by atoms with Crippen LogP contribution in [0, 0.1) is 4.91 Å². The van der Waals surface area contributed by atoms with Gasteiger partial charge in [0.25, 0.3) is 0 Å². The van der Waals surface area contributed by atoms with E-state index in [1.54, 1.807) is 0 Å². The second-order valence-corrected chi connectivity index (χ2v) is 1.36. The smallest absolute Gasteiger partial charge is 0.161 e. The highest BCUT2D eigenvalue weighted by atomic mass is 32.1. The first-order chi connectivity index (χ1) is 3.72. The summed E-state index contributed by atoms with van der Waals surface area (Å²) in [5, 5.41) is 10.2. The average molecular weight is 128 g/mol. The molecule has 0 amide bonds. The molecule has 0 bridgehead atoms. The van der Waals surface area contributed by atoms with E-state index in [1.165, 1.54) is 5.87 Å². The van der Waals surface area contributed by atoms with Crippen molar-refractivity contribution < 1.29 is 0 Å². The van der Waals surface area contributed by atoms with Crippen molar-refractivity contribution in [2.45, 2.75) is 0 Å². The van der Waals surface area contributed by atoms with Crippen molar-refractivity contribution in [3.8, 4) is 0 Å². The Hall–Kier alpha value is -1.06. The van der Waals surface area contributed by atoms with Crippen LogP contribution in [0.3, 0.4) is 0 Å². The molecule has 0 aromatic heterocycles. The topological polar surface area (TPSA) is 77.8 Å². The Morgan fingerprint density at radius 3 is 2.38 bits per heavy atom. The van der Waals surface area contributed by atoms with Gasteiger partial charge in [0.2, 0.25) is 0 Å². The fourth-order valence-electron chi connectivity index (χ4n) is 0.120. The molecule has 0 heterocycles. The van der Waals surface area contributed by atoms with Crippen LogP contribution in [0.5, 0.6) is 0 Å². The number of nitrogens with zero attached hydrogens (tertiary/aromatic N) is 2.